The standard InChI is InChI=1S/C6HF11O3.K.H/c7-1(3(8,9)10)6(16,17)20-2(19-1,4(11,12)13)5(14,15)18;;/h18H;;. The number of hydrogen-bond acceptors (Lipinski definition) is 3. The van der Waals surface area contributed by atoms with Crippen molar-refractivity contribution in [3.63, 3.8) is 0 Å². The van der Waals surface area contributed by atoms with Gasteiger partial charge in [0.05, 0.1) is 0 Å². The van der Waals surface area contributed by atoms with Crippen molar-refractivity contribution in [3.05, 3.63) is 0 Å². The minimum atomic E-state index is -6.87. The van der Waals surface area contributed by atoms with Gasteiger partial charge in [-0.3, -0.25) is 9.47 Å². The summed E-state index contributed by atoms with van der Waals surface area (Å²) in [5.41, 5.74) is 0. The van der Waals surface area contributed by atoms with Gasteiger partial charge >= 0.3 is 87.6 Å². The first kappa shape index (κ1) is 21.7. The van der Waals surface area contributed by atoms with Crippen LogP contribution in [0.3, 0.4) is 0 Å². The van der Waals surface area contributed by atoms with Crippen LogP contribution in [0, 0.1) is 0 Å². The molecule has 0 amide bonds. The van der Waals surface area contributed by atoms with E-state index in [2.05, 4.69) is 9.47 Å². The Labute approximate surface area is 149 Å². The van der Waals surface area contributed by atoms with Crippen LogP contribution < -0.4 is 0 Å². The number of rotatable bonds is 1. The van der Waals surface area contributed by atoms with Gasteiger partial charge in [0.1, 0.15) is 0 Å². The number of alkyl halides is 11. The zero-order valence-electron chi connectivity index (χ0n) is 8.42. The number of ether oxygens (including phenoxy) is 2. The Hall–Kier alpha value is 0.746. The molecule has 1 aliphatic rings. The molecule has 21 heavy (non-hydrogen) atoms. The van der Waals surface area contributed by atoms with E-state index in [0.29, 0.717) is 0 Å². The molecule has 3 nitrogen and oxygen atoms in total. The van der Waals surface area contributed by atoms with Crippen LogP contribution in [0.5, 0.6) is 0 Å². The van der Waals surface area contributed by atoms with E-state index in [4.69, 9.17) is 5.11 Å². The van der Waals surface area contributed by atoms with Crippen molar-refractivity contribution in [3.8, 4) is 0 Å². The van der Waals surface area contributed by atoms with Crippen molar-refractivity contribution in [2.75, 3.05) is 0 Å². The Morgan fingerprint density at radius 2 is 1.10 bits per heavy atom. The first-order valence-corrected chi connectivity index (χ1v) is 4.12. The third-order valence-electron chi connectivity index (χ3n) is 2.06. The summed E-state index contributed by atoms with van der Waals surface area (Å²) >= 11 is 0. The molecule has 122 valence electrons. The van der Waals surface area contributed by atoms with Crippen molar-refractivity contribution in [1.29, 1.82) is 0 Å². The van der Waals surface area contributed by atoms with Gasteiger partial charge in [-0.25, -0.2) is 0 Å². The normalized spacial score (nSPS) is 33.7. The second-order valence-electron chi connectivity index (χ2n) is 3.47. The summed E-state index contributed by atoms with van der Waals surface area (Å²) in [5, 5.41) is 7.86. The fourth-order valence-corrected chi connectivity index (χ4v) is 1.16. The first-order valence-electron chi connectivity index (χ1n) is 4.12. The minimum absolute atomic E-state index is 0. The van der Waals surface area contributed by atoms with Gasteiger partial charge in [0.25, 0.3) is 0 Å². The van der Waals surface area contributed by atoms with Crippen LogP contribution in [-0.4, -0.2) is 92.7 Å². The summed E-state index contributed by atoms with van der Waals surface area (Å²) in [4.78, 5) is 0. The van der Waals surface area contributed by atoms with E-state index in [1.807, 2.05) is 0 Å². The molecule has 15 heteroatoms. The average molecular weight is 370 g/mol. The molecule has 2 unspecified atom stereocenters. The molecule has 1 aliphatic heterocycles. The summed E-state index contributed by atoms with van der Waals surface area (Å²) in [5.74, 6) is -12.8. The van der Waals surface area contributed by atoms with Gasteiger partial charge in [-0.05, 0) is 0 Å². The molecule has 1 saturated heterocycles. The predicted molar refractivity (Wildman–Crippen MR) is 40.1 cm³/mol. The van der Waals surface area contributed by atoms with Crippen molar-refractivity contribution in [2.45, 2.75) is 36.2 Å². The Kier molecular flexibility index (Phi) is 5.58. The molecule has 0 aromatic carbocycles. The summed E-state index contributed by atoms with van der Waals surface area (Å²) in [7, 11) is 0. The molecule has 1 rings (SSSR count). The van der Waals surface area contributed by atoms with E-state index in [-0.39, 0.29) is 51.4 Å². The third kappa shape index (κ3) is 3.07. The van der Waals surface area contributed by atoms with Gasteiger partial charge in [-0.1, -0.05) is 0 Å². The van der Waals surface area contributed by atoms with E-state index >= 15 is 0 Å². The van der Waals surface area contributed by atoms with Crippen molar-refractivity contribution < 1.29 is 62.9 Å². The Balaban J connectivity index is 0.00000400. The molecule has 0 radical (unpaired) electrons. The van der Waals surface area contributed by atoms with Gasteiger partial charge in [0.15, 0.2) is 0 Å². The van der Waals surface area contributed by atoms with Crippen LogP contribution in [0.2, 0.25) is 0 Å². The molecule has 0 aliphatic carbocycles. The van der Waals surface area contributed by atoms with Crippen molar-refractivity contribution in [1.82, 2.24) is 0 Å². The van der Waals surface area contributed by atoms with E-state index in [1.54, 1.807) is 0 Å². The number of hydrogen-bond donors (Lipinski definition) is 1. The third-order valence-corrected chi connectivity index (χ3v) is 2.06. The van der Waals surface area contributed by atoms with Crippen LogP contribution >= 0.6 is 0 Å². The molecule has 0 aromatic heterocycles. The quantitative estimate of drug-likeness (QED) is 0.567. The van der Waals surface area contributed by atoms with Gasteiger partial charge in [-0.15, -0.1) is 0 Å². The van der Waals surface area contributed by atoms with Crippen LogP contribution in [0.1, 0.15) is 0 Å². The molecule has 1 heterocycles. The molecule has 1 fully saturated rings. The number of halogens is 11. The fourth-order valence-electron chi connectivity index (χ4n) is 1.16. The van der Waals surface area contributed by atoms with Crippen LogP contribution in [0.15, 0.2) is 0 Å². The Morgan fingerprint density at radius 3 is 1.24 bits per heavy atom. The predicted octanol–water partition coefficient (Wildman–Crippen LogP) is 2.05. The Bertz CT molecular complexity index is 384. The van der Waals surface area contributed by atoms with Gasteiger partial charge in [-0.2, -0.15) is 48.3 Å². The van der Waals surface area contributed by atoms with Crippen molar-refractivity contribution >= 4 is 51.4 Å². The van der Waals surface area contributed by atoms with E-state index in [9.17, 15) is 48.3 Å². The van der Waals surface area contributed by atoms with Crippen LogP contribution in [0.25, 0.3) is 0 Å². The molecule has 1 N–H and O–H groups in total. The average Bonchev–Trinajstić information content (AvgIpc) is 2.32. The second kappa shape index (κ2) is 5.39. The van der Waals surface area contributed by atoms with E-state index < -0.39 is 36.2 Å². The summed E-state index contributed by atoms with van der Waals surface area (Å²) in [6.45, 7) is 0. The number of aliphatic hydroxyl groups is 1. The van der Waals surface area contributed by atoms with Crippen LogP contribution in [-0.2, 0) is 9.47 Å². The van der Waals surface area contributed by atoms with Crippen molar-refractivity contribution in [2.24, 2.45) is 0 Å². The molecule has 0 spiro atoms. The van der Waals surface area contributed by atoms with Crippen LogP contribution in [0.4, 0.5) is 48.3 Å². The van der Waals surface area contributed by atoms with Gasteiger partial charge < -0.3 is 5.11 Å². The monoisotopic (exact) mass is 370 g/mol. The molecule has 0 saturated carbocycles. The zero-order valence-corrected chi connectivity index (χ0v) is 8.42. The SMILES string of the molecule is OC(F)(F)C1(C(F)(F)F)OC(F)(F)C(F)(C(F)(F)F)O1.[KH]. The first-order chi connectivity index (χ1) is 8.41. The van der Waals surface area contributed by atoms with E-state index in [1.165, 1.54) is 0 Å². The second-order valence-corrected chi connectivity index (χ2v) is 3.47. The van der Waals surface area contributed by atoms with Gasteiger partial charge in [0, 0.05) is 0 Å². The maximum atomic E-state index is 13.0. The van der Waals surface area contributed by atoms with Gasteiger partial charge in [0.2, 0.25) is 0 Å². The molecule has 2 atom stereocenters. The fraction of sp³-hybridized carbons (Fsp3) is 1.00. The summed E-state index contributed by atoms with van der Waals surface area (Å²) in [6.07, 6.45) is -26.6. The Morgan fingerprint density at radius 1 is 0.714 bits per heavy atom. The topological polar surface area (TPSA) is 38.7 Å². The molecule has 0 aromatic rings. The summed E-state index contributed by atoms with van der Waals surface area (Å²) in [6, 6.07) is 0. The summed E-state index contributed by atoms with van der Waals surface area (Å²) < 4.78 is 140. The molecular formula is C6H2F11KO3. The molecule has 0 bridgehead atoms. The zero-order chi connectivity index (χ0) is 16.4. The molecular weight excluding hydrogens is 368 g/mol. The van der Waals surface area contributed by atoms with E-state index in [0.717, 1.165) is 0 Å². The maximum absolute atomic E-state index is 13.0.